The van der Waals surface area contributed by atoms with Gasteiger partial charge in [-0.3, -0.25) is 4.79 Å². The summed E-state index contributed by atoms with van der Waals surface area (Å²) in [7, 11) is -2.38. The summed E-state index contributed by atoms with van der Waals surface area (Å²) in [6, 6.07) is 3.93. The third-order valence-electron chi connectivity index (χ3n) is 1.71. The van der Waals surface area contributed by atoms with Crippen LogP contribution >= 0.6 is 0 Å². The van der Waals surface area contributed by atoms with E-state index in [0.717, 1.165) is 0 Å². The highest BCUT2D eigenvalue weighted by Crippen LogP contribution is 2.26. The van der Waals surface area contributed by atoms with Crippen molar-refractivity contribution < 1.29 is 17.9 Å². The van der Waals surface area contributed by atoms with Crippen molar-refractivity contribution in [1.82, 2.24) is 0 Å². The molecule has 0 radical (unpaired) electrons. The smallest absolute Gasteiger partial charge is 0.238 e. The average Bonchev–Trinajstić information content (AvgIpc) is 2.17. The summed E-state index contributed by atoms with van der Waals surface area (Å²) in [5.74, 6) is 0.356. The Labute approximate surface area is 87.1 Å². The molecule has 1 rings (SSSR count). The minimum atomic E-state index is -3.78. The van der Waals surface area contributed by atoms with Crippen molar-refractivity contribution in [3.05, 3.63) is 18.2 Å². The minimum Gasteiger partial charge on any atom is -0.495 e. The largest absolute Gasteiger partial charge is 0.495 e. The second-order valence-corrected chi connectivity index (χ2v) is 4.23. The summed E-state index contributed by atoms with van der Waals surface area (Å²) in [4.78, 5) is 10.2. The molecule has 0 saturated carbocycles. The fourth-order valence-electron chi connectivity index (χ4n) is 1.04. The molecule has 0 saturated heterocycles. The predicted molar refractivity (Wildman–Crippen MR) is 54.1 cm³/mol. The van der Waals surface area contributed by atoms with Crippen LogP contribution in [0.25, 0.3) is 0 Å². The van der Waals surface area contributed by atoms with Gasteiger partial charge >= 0.3 is 0 Å². The van der Waals surface area contributed by atoms with Gasteiger partial charge in [-0.15, -0.1) is 0 Å². The first-order valence-electron chi connectivity index (χ1n) is 3.90. The molecule has 1 aromatic rings. The second kappa shape index (κ2) is 4.28. The Kier molecular flexibility index (Phi) is 3.28. The molecule has 3 N–H and O–H groups in total. The van der Waals surface area contributed by atoms with E-state index >= 15 is 0 Å². The summed E-state index contributed by atoms with van der Waals surface area (Å²) >= 11 is 0. The standard InChI is InChI=1S/C8H10N2O4S/c1-14-8-3-2-6(15(9,12)13)4-7(8)10-5-11/h2-5H,1H3,(H,10,11)(H2,9,12,13). The highest BCUT2D eigenvalue weighted by atomic mass is 32.2. The van der Waals surface area contributed by atoms with Gasteiger partial charge < -0.3 is 10.1 Å². The third-order valence-corrected chi connectivity index (χ3v) is 2.62. The number of anilines is 1. The molecule has 7 heteroatoms. The van der Waals surface area contributed by atoms with E-state index in [4.69, 9.17) is 9.88 Å². The van der Waals surface area contributed by atoms with Gasteiger partial charge in [-0.05, 0) is 18.2 Å². The van der Waals surface area contributed by atoms with Crippen LogP contribution < -0.4 is 15.2 Å². The van der Waals surface area contributed by atoms with Crippen LogP contribution in [-0.4, -0.2) is 21.9 Å². The maximum atomic E-state index is 11.0. The molecule has 0 heterocycles. The van der Waals surface area contributed by atoms with Crippen LogP contribution in [0.2, 0.25) is 0 Å². The molecule has 1 aromatic carbocycles. The number of rotatable bonds is 4. The van der Waals surface area contributed by atoms with Gasteiger partial charge in [-0.25, -0.2) is 13.6 Å². The predicted octanol–water partition coefficient (Wildman–Crippen LogP) is -0.0891. The molecule has 6 nitrogen and oxygen atoms in total. The third kappa shape index (κ3) is 2.67. The van der Waals surface area contributed by atoms with Crippen molar-refractivity contribution in [2.75, 3.05) is 12.4 Å². The van der Waals surface area contributed by atoms with Crippen LogP contribution in [0.5, 0.6) is 5.75 Å². The number of carbonyl (C=O) groups is 1. The minimum absolute atomic E-state index is 0.0901. The quantitative estimate of drug-likeness (QED) is 0.706. The van der Waals surface area contributed by atoms with Crippen LogP contribution in [0.15, 0.2) is 23.1 Å². The molecule has 82 valence electrons. The van der Waals surface area contributed by atoms with Gasteiger partial charge in [0.05, 0.1) is 17.7 Å². The van der Waals surface area contributed by atoms with Crippen molar-refractivity contribution in [2.24, 2.45) is 5.14 Å². The fraction of sp³-hybridized carbons (Fsp3) is 0.125. The van der Waals surface area contributed by atoms with Crippen molar-refractivity contribution in [3.63, 3.8) is 0 Å². The molecule has 0 unspecified atom stereocenters. The van der Waals surface area contributed by atoms with Crippen molar-refractivity contribution in [1.29, 1.82) is 0 Å². The van der Waals surface area contributed by atoms with Gasteiger partial charge in [0.1, 0.15) is 5.75 Å². The molecule has 15 heavy (non-hydrogen) atoms. The summed E-state index contributed by atoms with van der Waals surface area (Å²) in [6.07, 6.45) is 0.421. The lowest BCUT2D eigenvalue weighted by Crippen LogP contribution is -2.12. The van der Waals surface area contributed by atoms with E-state index in [0.29, 0.717) is 12.2 Å². The first kappa shape index (κ1) is 11.5. The highest BCUT2D eigenvalue weighted by Gasteiger charge is 2.11. The highest BCUT2D eigenvalue weighted by molar-refractivity contribution is 7.89. The van der Waals surface area contributed by atoms with Crippen molar-refractivity contribution in [2.45, 2.75) is 4.90 Å². The van der Waals surface area contributed by atoms with E-state index in [-0.39, 0.29) is 10.6 Å². The Morgan fingerprint density at radius 1 is 1.47 bits per heavy atom. The second-order valence-electron chi connectivity index (χ2n) is 2.67. The van der Waals surface area contributed by atoms with Crippen LogP contribution in [0, 0.1) is 0 Å². The van der Waals surface area contributed by atoms with Crippen LogP contribution in [-0.2, 0) is 14.8 Å². The lowest BCUT2D eigenvalue weighted by Gasteiger charge is -2.08. The Morgan fingerprint density at radius 2 is 2.13 bits per heavy atom. The number of nitrogens with two attached hydrogens (primary N) is 1. The van der Waals surface area contributed by atoms with Crippen LogP contribution in [0.4, 0.5) is 5.69 Å². The zero-order valence-corrected chi connectivity index (χ0v) is 8.74. The molecule has 0 aliphatic heterocycles. The number of sulfonamides is 1. The van der Waals surface area contributed by atoms with Gasteiger partial charge in [-0.1, -0.05) is 0 Å². The number of hydrogen-bond acceptors (Lipinski definition) is 4. The lowest BCUT2D eigenvalue weighted by molar-refractivity contribution is -0.105. The first-order valence-corrected chi connectivity index (χ1v) is 5.44. The van der Waals surface area contributed by atoms with Gasteiger partial charge in [0.25, 0.3) is 0 Å². The fourth-order valence-corrected chi connectivity index (χ4v) is 1.58. The van der Waals surface area contributed by atoms with Crippen LogP contribution in [0.1, 0.15) is 0 Å². The van der Waals surface area contributed by atoms with Crippen LogP contribution in [0.3, 0.4) is 0 Å². The van der Waals surface area contributed by atoms with E-state index in [1.165, 1.54) is 25.3 Å². The number of ether oxygens (including phenoxy) is 1. The average molecular weight is 230 g/mol. The summed E-state index contributed by atoms with van der Waals surface area (Å²) in [5, 5.41) is 7.24. The van der Waals surface area contributed by atoms with Gasteiger partial charge in [-0.2, -0.15) is 0 Å². The lowest BCUT2D eigenvalue weighted by atomic mass is 10.3. The molecule has 0 spiro atoms. The molecule has 0 atom stereocenters. The SMILES string of the molecule is COc1ccc(S(N)(=O)=O)cc1NC=O. The van der Waals surface area contributed by atoms with E-state index in [1.807, 2.05) is 0 Å². The Morgan fingerprint density at radius 3 is 2.60 bits per heavy atom. The van der Waals surface area contributed by atoms with E-state index in [2.05, 4.69) is 5.32 Å². The van der Waals surface area contributed by atoms with E-state index < -0.39 is 10.0 Å². The van der Waals surface area contributed by atoms with Gasteiger partial charge in [0, 0.05) is 0 Å². The van der Waals surface area contributed by atoms with E-state index in [1.54, 1.807) is 0 Å². The number of primary sulfonamides is 1. The van der Waals surface area contributed by atoms with Crippen molar-refractivity contribution in [3.8, 4) is 5.75 Å². The summed E-state index contributed by atoms with van der Waals surface area (Å²) in [5.41, 5.74) is 0.249. The number of hydrogen-bond donors (Lipinski definition) is 2. The molecular formula is C8H10N2O4S. The molecule has 1 amide bonds. The number of benzene rings is 1. The summed E-state index contributed by atoms with van der Waals surface area (Å²) in [6.45, 7) is 0. The molecule has 0 aromatic heterocycles. The molecule has 0 fully saturated rings. The van der Waals surface area contributed by atoms with Gasteiger partial charge in [0.2, 0.25) is 16.4 Å². The number of amides is 1. The Balaban J connectivity index is 3.27. The number of methoxy groups -OCH3 is 1. The van der Waals surface area contributed by atoms with E-state index in [9.17, 15) is 13.2 Å². The summed E-state index contributed by atoms with van der Waals surface area (Å²) < 4.78 is 26.9. The molecule has 0 bridgehead atoms. The Bertz CT molecular complexity index is 470. The maximum absolute atomic E-state index is 11.0. The molecular weight excluding hydrogens is 220 g/mol. The topological polar surface area (TPSA) is 98.5 Å². The first-order chi connectivity index (χ1) is 6.99. The van der Waals surface area contributed by atoms with Gasteiger partial charge in [0.15, 0.2) is 0 Å². The maximum Gasteiger partial charge on any atom is 0.238 e. The van der Waals surface area contributed by atoms with Crippen molar-refractivity contribution >= 4 is 22.1 Å². The molecule has 0 aliphatic rings. The monoisotopic (exact) mass is 230 g/mol. The number of nitrogens with one attached hydrogen (secondary N) is 1. The normalized spacial score (nSPS) is 10.8. The number of carbonyl (C=O) groups excluding carboxylic acids is 1. The zero-order valence-electron chi connectivity index (χ0n) is 7.93. The Hall–Kier alpha value is -1.60. The molecule has 0 aliphatic carbocycles. The zero-order chi connectivity index (χ0) is 11.5.